The van der Waals surface area contributed by atoms with Crippen LogP contribution < -0.4 is 0 Å². The minimum Gasteiger partial charge on any atom is -0.375 e. The fourth-order valence-electron chi connectivity index (χ4n) is 3.09. The third-order valence-corrected chi connectivity index (χ3v) is 4.12. The van der Waals surface area contributed by atoms with Crippen molar-refractivity contribution in [1.82, 2.24) is 0 Å². The van der Waals surface area contributed by atoms with Gasteiger partial charge in [0.25, 0.3) is 0 Å². The maximum absolute atomic E-state index is 5.97. The lowest BCUT2D eigenvalue weighted by Gasteiger charge is -2.16. The molecular weight excluding hydrogens is 200 g/mol. The van der Waals surface area contributed by atoms with Crippen molar-refractivity contribution in [1.29, 1.82) is 0 Å². The van der Waals surface area contributed by atoms with Crippen molar-refractivity contribution in [3.05, 3.63) is 0 Å². The van der Waals surface area contributed by atoms with Gasteiger partial charge in [-0.1, -0.05) is 39.5 Å². The molecule has 2 heteroatoms. The minimum absolute atomic E-state index is 0.424. The van der Waals surface area contributed by atoms with Gasteiger partial charge in [-0.3, -0.25) is 0 Å². The van der Waals surface area contributed by atoms with Crippen LogP contribution in [0.25, 0.3) is 0 Å². The van der Waals surface area contributed by atoms with Crippen LogP contribution in [0.3, 0.4) is 0 Å². The summed E-state index contributed by atoms with van der Waals surface area (Å²) < 4.78 is 11.9. The first-order valence-corrected chi connectivity index (χ1v) is 7.10. The second-order valence-corrected chi connectivity index (χ2v) is 5.40. The first-order chi connectivity index (χ1) is 7.86. The number of ether oxygens (including phenoxy) is 2. The highest BCUT2D eigenvalue weighted by atomic mass is 16.6. The summed E-state index contributed by atoms with van der Waals surface area (Å²) in [7, 11) is 0. The van der Waals surface area contributed by atoms with Crippen molar-refractivity contribution >= 4 is 0 Å². The van der Waals surface area contributed by atoms with E-state index in [4.69, 9.17) is 9.47 Å². The van der Waals surface area contributed by atoms with Crippen LogP contribution in [0, 0.1) is 11.8 Å². The van der Waals surface area contributed by atoms with E-state index >= 15 is 0 Å². The van der Waals surface area contributed by atoms with E-state index in [1.807, 2.05) is 0 Å². The molecule has 0 bridgehead atoms. The average Bonchev–Trinajstić information content (AvgIpc) is 2.86. The molecule has 2 heterocycles. The van der Waals surface area contributed by atoms with Gasteiger partial charge in [0, 0.05) is 11.8 Å². The molecule has 2 nitrogen and oxygen atoms in total. The fraction of sp³-hybridized carbons (Fsp3) is 1.00. The highest BCUT2D eigenvalue weighted by Crippen LogP contribution is 2.38. The molecule has 2 aliphatic rings. The highest BCUT2D eigenvalue weighted by molar-refractivity contribution is 4.93. The SMILES string of the molecule is CCCCC1COC2C(CCCC)COC12. The monoisotopic (exact) mass is 226 g/mol. The zero-order chi connectivity index (χ0) is 11.4. The summed E-state index contributed by atoms with van der Waals surface area (Å²) in [5.41, 5.74) is 0. The molecule has 0 aromatic rings. The Morgan fingerprint density at radius 1 is 0.812 bits per heavy atom. The van der Waals surface area contributed by atoms with Crippen LogP contribution in [0.2, 0.25) is 0 Å². The van der Waals surface area contributed by atoms with Crippen LogP contribution in [-0.2, 0) is 9.47 Å². The second kappa shape index (κ2) is 6.02. The van der Waals surface area contributed by atoms with Crippen molar-refractivity contribution < 1.29 is 9.47 Å². The lowest BCUT2D eigenvalue weighted by atomic mass is 9.90. The predicted octanol–water partition coefficient (Wildman–Crippen LogP) is 3.40. The Morgan fingerprint density at radius 3 is 1.62 bits per heavy atom. The third-order valence-electron chi connectivity index (χ3n) is 4.12. The Labute approximate surface area is 99.7 Å². The van der Waals surface area contributed by atoms with Crippen molar-refractivity contribution in [2.45, 2.75) is 64.6 Å². The molecule has 4 atom stereocenters. The molecule has 0 aliphatic carbocycles. The summed E-state index contributed by atoms with van der Waals surface area (Å²) in [6.07, 6.45) is 8.64. The van der Waals surface area contributed by atoms with E-state index in [0.29, 0.717) is 24.0 Å². The third kappa shape index (κ3) is 2.60. The summed E-state index contributed by atoms with van der Waals surface area (Å²) in [5.74, 6) is 1.35. The van der Waals surface area contributed by atoms with Gasteiger partial charge < -0.3 is 9.47 Å². The number of unbranched alkanes of at least 4 members (excludes halogenated alkanes) is 2. The van der Waals surface area contributed by atoms with Crippen LogP contribution >= 0.6 is 0 Å². The molecule has 0 radical (unpaired) electrons. The highest BCUT2D eigenvalue weighted by Gasteiger charge is 2.46. The van der Waals surface area contributed by atoms with Crippen molar-refractivity contribution in [3.63, 3.8) is 0 Å². The van der Waals surface area contributed by atoms with E-state index in [1.54, 1.807) is 0 Å². The van der Waals surface area contributed by atoms with Crippen molar-refractivity contribution in [3.8, 4) is 0 Å². The first kappa shape index (κ1) is 12.4. The maximum Gasteiger partial charge on any atom is 0.0890 e. The number of hydrogen-bond donors (Lipinski definition) is 0. The molecule has 0 spiro atoms. The summed E-state index contributed by atoms with van der Waals surface area (Å²) in [6, 6.07) is 0. The van der Waals surface area contributed by atoms with E-state index in [1.165, 1.54) is 38.5 Å². The minimum atomic E-state index is 0.424. The number of fused-ring (bicyclic) bond motifs is 1. The van der Waals surface area contributed by atoms with Gasteiger partial charge in [0.2, 0.25) is 0 Å². The zero-order valence-electron chi connectivity index (χ0n) is 10.8. The Kier molecular flexibility index (Phi) is 4.66. The molecule has 4 unspecified atom stereocenters. The predicted molar refractivity (Wildman–Crippen MR) is 65.5 cm³/mol. The van der Waals surface area contributed by atoms with E-state index in [2.05, 4.69) is 13.8 Å². The van der Waals surface area contributed by atoms with Crippen LogP contribution in [0.4, 0.5) is 0 Å². The van der Waals surface area contributed by atoms with Gasteiger partial charge in [-0.25, -0.2) is 0 Å². The molecule has 0 N–H and O–H groups in total. The van der Waals surface area contributed by atoms with E-state index in [-0.39, 0.29) is 0 Å². The first-order valence-electron chi connectivity index (χ1n) is 7.10. The van der Waals surface area contributed by atoms with Gasteiger partial charge in [-0.15, -0.1) is 0 Å². The fourth-order valence-corrected chi connectivity index (χ4v) is 3.09. The summed E-state index contributed by atoms with van der Waals surface area (Å²) >= 11 is 0. The van der Waals surface area contributed by atoms with Gasteiger partial charge in [-0.2, -0.15) is 0 Å². The van der Waals surface area contributed by atoms with Gasteiger partial charge in [0.1, 0.15) is 0 Å². The van der Waals surface area contributed by atoms with E-state index < -0.39 is 0 Å². The number of hydrogen-bond acceptors (Lipinski definition) is 2. The van der Waals surface area contributed by atoms with E-state index in [9.17, 15) is 0 Å². The standard InChI is InChI=1S/C14H26O2/c1-3-5-7-11-9-15-14-12(8-6-4-2)10-16-13(11)14/h11-14H,3-10H2,1-2H3. The summed E-state index contributed by atoms with van der Waals surface area (Å²) in [4.78, 5) is 0. The quantitative estimate of drug-likeness (QED) is 0.691. The Balaban J connectivity index is 1.80. The molecule has 0 aromatic carbocycles. The molecule has 2 fully saturated rings. The van der Waals surface area contributed by atoms with Crippen LogP contribution in [0.1, 0.15) is 52.4 Å². The largest absolute Gasteiger partial charge is 0.375 e. The lowest BCUT2D eigenvalue weighted by Crippen LogP contribution is -2.26. The molecule has 16 heavy (non-hydrogen) atoms. The van der Waals surface area contributed by atoms with Gasteiger partial charge >= 0.3 is 0 Å². The maximum atomic E-state index is 5.97. The zero-order valence-corrected chi connectivity index (χ0v) is 10.8. The normalized spacial score (nSPS) is 37.9. The molecule has 0 aromatic heterocycles. The molecule has 0 saturated carbocycles. The Morgan fingerprint density at radius 2 is 1.25 bits per heavy atom. The molecular formula is C14H26O2. The molecule has 2 saturated heterocycles. The topological polar surface area (TPSA) is 18.5 Å². The van der Waals surface area contributed by atoms with E-state index in [0.717, 1.165) is 13.2 Å². The Hall–Kier alpha value is -0.0800. The Bertz CT molecular complexity index is 183. The lowest BCUT2D eigenvalue weighted by molar-refractivity contribution is 0.0589. The van der Waals surface area contributed by atoms with Crippen LogP contribution in [0.15, 0.2) is 0 Å². The van der Waals surface area contributed by atoms with Crippen LogP contribution in [-0.4, -0.2) is 25.4 Å². The molecule has 0 amide bonds. The molecule has 2 aliphatic heterocycles. The van der Waals surface area contributed by atoms with Gasteiger partial charge in [-0.05, 0) is 12.8 Å². The smallest absolute Gasteiger partial charge is 0.0890 e. The molecule has 94 valence electrons. The van der Waals surface area contributed by atoms with Gasteiger partial charge in [0.15, 0.2) is 0 Å². The second-order valence-electron chi connectivity index (χ2n) is 5.40. The molecule has 2 rings (SSSR count). The summed E-state index contributed by atoms with van der Waals surface area (Å²) in [6.45, 7) is 6.40. The van der Waals surface area contributed by atoms with Crippen molar-refractivity contribution in [2.24, 2.45) is 11.8 Å². The average molecular weight is 226 g/mol. The summed E-state index contributed by atoms with van der Waals surface area (Å²) in [5, 5.41) is 0. The van der Waals surface area contributed by atoms with Crippen molar-refractivity contribution in [2.75, 3.05) is 13.2 Å². The van der Waals surface area contributed by atoms with Crippen LogP contribution in [0.5, 0.6) is 0 Å². The van der Waals surface area contributed by atoms with Gasteiger partial charge in [0.05, 0.1) is 25.4 Å². The number of rotatable bonds is 6.